The van der Waals surface area contributed by atoms with E-state index in [1.165, 1.54) is 5.41 Å². The van der Waals surface area contributed by atoms with Crippen molar-refractivity contribution < 1.29 is 9.18 Å². The standard InChI is InChI=1S/C12H18ClFN2OS/c1-5-10(11(13)15-4)16(6-2)12(17)9(3)18-8-7-14/h5,7-9H,6H2,1-4H3/b8-7+,10-5+,15-11+. The predicted molar refractivity (Wildman–Crippen MR) is 77.7 cm³/mol. The minimum atomic E-state index is -0.381. The van der Waals surface area contributed by atoms with Gasteiger partial charge in [-0.15, -0.1) is 11.8 Å². The molecule has 0 heterocycles. The maximum Gasteiger partial charge on any atom is 0.240 e. The van der Waals surface area contributed by atoms with Crippen molar-refractivity contribution in [3.8, 4) is 0 Å². The third kappa shape index (κ3) is 4.82. The molecule has 0 aromatic carbocycles. The average Bonchev–Trinajstić information content (AvgIpc) is 2.40. The van der Waals surface area contributed by atoms with E-state index in [1.54, 1.807) is 31.9 Å². The van der Waals surface area contributed by atoms with Gasteiger partial charge in [-0.05, 0) is 26.2 Å². The quantitative estimate of drug-likeness (QED) is 0.701. The van der Waals surface area contributed by atoms with E-state index in [2.05, 4.69) is 4.99 Å². The van der Waals surface area contributed by atoms with Gasteiger partial charge in [0.25, 0.3) is 0 Å². The number of rotatable bonds is 6. The van der Waals surface area contributed by atoms with Gasteiger partial charge in [0, 0.05) is 13.6 Å². The van der Waals surface area contributed by atoms with Gasteiger partial charge in [-0.2, -0.15) is 0 Å². The van der Waals surface area contributed by atoms with Gasteiger partial charge < -0.3 is 4.90 Å². The van der Waals surface area contributed by atoms with E-state index >= 15 is 0 Å². The van der Waals surface area contributed by atoms with Gasteiger partial charge in [0.2, 0.25) is 5.91 Å². The highest BCUT2D eigenvalue weighted by Gasteiger charge is 2.23. The molecule has 18 heavy (non-hydrogen) atoms. The van der Waals surface area contributed by atoms with Crippen molar-refractivity contribution in [1.29, 1.82) is 0 Å². The lowest BCUT2D eigenvalue weighted by molar-refractivity contribution is -0.127. The van der Waals surface area contributed by atoms with Crippen LogP contribution in [0.3, 0.4) is 0 Å². The molecule has 0 aliphatic rings. The van der Waals surface area contributed by atoms with Crippen LogP contribution in [0.2, 0.25) is 0 Å². The molecule has 1 unspecified atom stereocenters. The normalized spacial score (nSPS) is 15.0. The van der Waals surface area contributed by atoms with Gasteiger partial charge in [0.05, 0.1) is 17.3 Å². The van der Waals surface area contributed by atoms with Crippen molar-refractivity contribution in [1.82, 2.24) is 4.90 Å². The van der Waals surface area contributed by atoms with E-state index in [0.717, 1.165) is 11.8 Å². The molecule has 0 aromatic rings. The number of aliphatic imine (C=N–C) groups is 1. The average molecular weight is 293 g/mol. The Morgan fingerprint density at radius 3 is 2.61 bits per heavy atom. The lowest BCUT2D eigenvalue weighted by Crippen LogP contribution is -2.37. The molecular weight excluding hydrogens is 275 g/mol. The van der Waals surface area contributed by atoms with E-state index < -0.39 is 0 Å². The van der Waals surface area contributed by atoms with Gasteiger partial charge >= 0.3 is 0 Å². The lowest BCUT2D eigenvalue weighted by atomic mass is 10.3. The molecule has 6 heteroatoms. The molecule has 0 aromatic heterocycles. The zero-order chi connectivity index (χ0) is 14.1. The Morgan fingerprint density at radius 2 is 2.22 bits per heavy atom. The summed E-state index contributed by atoms with van der Waals surface area (Å²) in [4.78, 5) is 17.6. The van der Waals surface area contributed by atoms with Crippen molar-refractivity contribution in [2.45, 2.75) is 26.0 Å². The van der Waals surface area contributed by atoms with E-state index in [9.17, 15) is 9.18 Å². The van der Waals surface area contributed by atoms with Crippen LogP contribution >= 0.6 is 23.4 Å². The highest BCUT2D eigenvalue weighted by molar-refractivity contribution is 8.03. The van der Waals surface area contributed by atoms with E-state index in [0.29, 0.717) is 18.6 Å². The summed E-state index contributed by atoms with van der Waals surface area (Å²) in [7, 11) is 1.56. The van der Waals surface area contributed by atoms with Crippen molar-refractivity contribution in [3.05, 3.63) is 23.5 Å². The number of carbonyl (C=O) groups excluding carboxylic acids is 1. The van der Waals surface area contributed by atoms with Crippen LogP contribution in [-0.4, -0.2) is 34.8 Å². The fourth-order valence-electron chi connectivity index (χ4n) is 1.37. The second-order valence-electron chi connectivity index (χ2n) is 3.31. The third-order valence-electron chi connectivity index (χ3n) is 2.24. The summed E-state index contributed by atoms with van der Waals surface area (Å²) < 4.78 is 11.9. The van der Waals surface area contributed by atoms with Gasteiger partial charge in [-0.25, -0.2) is 4.39 Å². The van der Waals surface area contributed by atoms with E-state index in [-0.39, 0.29) is 16.3 Å². The number of nitrogens with zero attached hydrogens (tertiary/aromatic N) is 2. The zero-order valence-corrected chi connectivity index (χ0v) is 12.6. The molecule has 0 aliphatic heterocycles. The molecule has 3 nitrogen and oxygen atoms in total. The fourth-order valence-corrected chi connectivity index (χ4v) is 2.12. The Bertz CT molecular complexity index is 369. The molecule has 0 spiro atoms. The van der Waals surface area contributed by atoms with Crippen LogP contribution in [0.1, 0.15) is 20.8 Å². The minimum Gasteiger partial charge on any atom is -0.309 e. The first kappa shape index (κ1) is 17.2. The lowest BCUT2D eigenvalue weighted by Gasteiger charge is -2.25. The van der Waals surface area contributed by atoms with Gasteiger partial charge in [0.1, 0.15) is 5.17 Å². The molecule has 0 fully saturated rings. The number of halogens is 2. The summed E-state index contributed by atoms with van der Waals surface area (Å²) in [5.74, 6) is -0.129. The number of carbonyl (C=O) groups is 1. The van der Waals surface area contributed by atoms with Crippen LogP contribution in [0.25, 0.3) is 0 Å². The Kier molecular flexibility index (Phi) is 8.75. The summed E-state index contributed by atoms with van der Waals surface area (Å²) in [6.07, 6.45) is 2.15. The molecule has 1 atom stereocenters. The number of thioether (sulfide) groups is 1. The Balaban J connectivity index is 5.02. The first-order valence-electron chi connectivity index (χ1n) is 5.54. The predicted octanol–water partition coefficient (Wildman–Crippen LogP) is 3.57. The minimum absolute atomic E-state index is 0.129. The second-order valence-corrected chi connectivity index (χ2v) is 4.92. The van der Waals surface area contributed by atoms with E-state index in [1.807, 2.05) is 6.92 Å². The smallest absolute Gasteiger partial charge is 0.240 e. The Labute approximate surface area is 117 Å². The number of hydrogen-bond donors (Lipinski definition) is 0. The second kappa shape index (κ2) is 9.16. The highest BCUT2D eigenvalue weighted by atomic mass is 35.5. The van der Waals surface area contributed by atoms with Crippen molar-refractivity contribution >= 4 is 34.4 Å². The molecule has 0 rings (SSSR count). The number of allylic oxidation sites excluding steroid dienone is 2. The molecule has 0 saturated carbocycles. The van der Waals surface area contributed by atoms with Crippen molar-refractivity contribution in [2.24, 2.45) is 4.99 Å². The molecule has 0 saturated heterocycles. The van der Waals surface area contributed by atoms with Crippen LogP contribution in [0.4, 0.5) is 4.39 Å². The van der Waals surface area contributed by atoms with Crippen molar-refractivity contribution in [2.75, 3.05) is 13.6 Å². The first-order valence-corrected chi connectivity index (χ1v) is 6.86. The molecular formula is C12H18ClFN2OS. The Morgan fingerprint density at radius 1 is 1.61 bits per heavy atom. The van der Waals surface area contributed by atoms with Gasteiger partial charge in [-0.1, -0.05) is 17.7 Å². The third-order valence-corrected chi connectivity index (χ3v) is 3.47. The van der Waals surface area contributed by atoms with Crippen LogP contribution in [0, 0.1) is 0 Å². The highest BCUT2D eigenvalue weighted by Crippen LogP contribution is 2.19. The fraction of sp³-hybridized carbons (Fsp3) is 0.500. The monoisotopic (exact) mass is 292 g/mol. The van der Waals surface area contributed by atoms with Crippen LogP contribution in [0.15, 0.2) is 28.5 Å². The zero-order valence-electron chi connectivity index (χ0n) is 11.0. The summed E-state index contributed by atoms with van der Waals surface area (Å²) in [6, 6.07) is 0. The Hall–Kier alpha value is -0.810. The molecule has 0 N–H and O–H groups in total. The maximum atomic E-state index is 12.2. The molecule has 1 amide bonds. The summed E-state index contributed by atoms with van der Waals surface area (Å²) in [5.41, 5.74) is 0.573. The summed E-state index contributed by atoms with van der Waals surface area (Å²) in [6.45, 7) is 5.84. The molecule has 0 bridgehead atoms. The van der Waals surface area contributed by atoms with Crippen LogP contribution < -0.4 is 0 Å². The largest absolute Gasteiger partial charge is 0.309 e. The van der Waals surface area contributed by atoms with E-state index in [4.69, 9.17) is 11.6 Å². The number of hydrogen-bond acceptors (Lipinski definition) is 3. The molecule has 102 valence electrons. The maximum absolute atomic E-state index is 12.2. The van der Waals surface area contributed by atoms with Crippen molar-refractivity contribution in [3.63, 3.8) is 0 Å². The van der Waals surface area contributed by atoms with Gasteiger partial charge in [0.15, 0.2) is 0 Å². The molecule has 0 aliphatic carbocycles. The summed E-state index contributed by atoms with van der Waals surface area (Å²) in [5, 5.41) is 1.15. The van der Waals surface area contributed by atoms with Gasteiger partial charge in [-0.3, -0.25) is 9.79 Å². The first-order chi connectivity index (χ1) is 8.53. The SMILES string of the molecule is C/C=C(\C(Cl)=N/C)N(CC)C(=O)C(C)S/C=C/F. The van der Waals surface area contributed by atoms with Crippen LogP contribution in [-0.2, 0) is 4.79 Å². The topological polar surface area (TPSA) is 32.7 Å². The van der Waals surface area contributed by atoms with Crippen LogP contribution in [0.5, 0.6) is 0 Å². The molecule has 0 radical (unpaired) electrons. The summed E-state index contributed by atoms with van der Waals surface area (Å²) >= 11 is 7.08. The number of amides is 1.